The van der Waals surface area contributed by atoms with Gasteiger partial charge in [-0.15, -0.1) is 0 Å². The molecule has 0 bridgehead atoms. The number of hydrogen-bond acceptors (Lipinski definition) is 3. The van der Waals surface area contributed by atoms with Crippen LogP contribution in [0, 0.1) is 34.5 Å². The van der Waals surface area contributed by atoms with Crippen molar-refractivity contribution in [1.29, 1.82) is 0 Å². The molecule has 0 heterocycles. The SMILES string of the molecule is CC1=CC23CC(O)C4C(C=C(F)C5=CC(=Nc6ccccc6)C(=CN)CC54C)C2CCC13. The Balaban J connectivity index is 1.47. The van der Waals surface area contributed by atoms with Gasteiger partial charge in [-0.3, -0.25) is 0 Å². The van der Waals surface area contributed by atoms with Gasteiger partial charge in [0.15, 0.2) is 0 Å². The standard InChI is InChI=1S/C28H31FN2O/c1-16-12-28-14-25(32)26-19(21(28)9-8-20(16)28)10-23(29)22-11-24(17(15-30)13-27(22,26)2)31-18-6-4-3-5-7-18/h3-7,10-12,15,19-21,25-26,32H,8-9,13-14,30H2,1-2H3. The van der Waals surface area contributed by atoms with E-state index in [9.17, 15) is 5.11 Å². The quantitative estimate of drug-likeness (QED) is 0.555. The highest BCUT2D eigenvalue weighted by Gasteiger charge is 2.65. The van der Waals surface area contributed by atoms with E-state index in [0.29, 0.717) is 29.5 Å². The summed E-state index contributed by atoms with van der Waals surface area (Å²) in [5.74, 6) is 0.892. The number of fused-ring (bicyclic) bond motifs is 4. The molecule has 7 unspecified atom stereocenters. The molecule has 5 aliphatic carbocycles. The van der Waals surface area contributed by atoms with Crippen molar-refractivity contribution >= 4 is 11.4 Å². The van der Waals surface area contributed by atoms with Crippen molar-refractivity contribution in [2.75, 3.05) is 0 Å². The van der Waals surface area contributed by atoms with E-state index in [1.54, 1.807) is 6.20 Å². The number of nitrogens with two attached hydrogens (primary N) is 1. The third-order valence-electron chi connectivity index (χ3n) is 9.33. The lowest BCUT2D eigenvalue weighted by atomic mass is 9.44. The first-order chi connectivity index (χ1) is 15.4. The van der Waals surface area contributed by atoms with Crippen LogP contribution in [0.2, 0.25) is 0 Å². The zero-order chi connectivity index (χ0) is 22.3. The first-order valence-electron chi connectivity index (χ1n) is 11.9. The summed E-state index contributed by atoms with van der Waals surface area (Å²) in [7, 11) is 0. The molecule has 1 spiro atoms. The van der Waals surface area contributed by atoms with Gasteiger partial charge in [0.05, 0.1) is 17.5 Å². The van der Waals surface area contributed by atoms with Crippen LogP contribution in [0.3, 0.4) is 0 Å². The number of aliphatic hydroxyl groups is 1. The van der Waals surface area contributed by atoms with E-state index in [0.717, 1.165) is 24.1 Å². The van der Waals surface area contributed by atoms with Crippen LogP contribution in [-0.2, 0) is 0 Å². The maximum absolute atomic E-state index is 15.8. The van der Waals surface area contributed by atoms with Gasteiger partial charge in [0.1, 0.15) is 5.83 Å². The predicted octanol–water partition coefficient (Wildman–Crippen LogP) is 5.77. The summed E-state index contributed by atoms with van der Waals surface area (Å²) in [4.78, 5) is 4.77. The first-order valence-corrected chi connectivity index (χ1v) is 11.9. The second-order valence-electron chi connectivity index (χ2n) is 10.8. The second kappa shape index (κ2) is 6.77. The lowest BCUT2D eigenvalue weighted by Crippen LogP contribution is -2.57. The maximum atomic E-state index is 15.8. The molecule has 0 saturated heterocycles. The van der Waals surface area contributed by atoms with Crippen LogP contribution in [0.1, 0.15) is 39.5 Å². The van der Waals surface area contributed by atoms with Crippen molar-refractivity contribution in [2.45, 2.75) is 45.6 Å². The summed E-state index contributed by atoms with van der Waals surface area (Å²) in [6.07, 6.45) is 10.9. The molecule has 0 aromatic heterocycles. The topological polar surface area (TPSA) is 58.6 Å². The molecule has 0 aliphatic heterocycles. The number of aliphatic hydroxyl groups excluding tert-OH is 1. The lowest BCUT2D eigenvalue weighted by Gasteiger charge is -2.60. The molecule has 0 radical (unpaired) electrons. The Bertz CT molecular complexity index is 1130. The molecule has 32 heavy (non-hydrogen) atoms. The fourth-order valence-electron chi connectivity index (χ4n) is 8.16. The van der Waals surface area contributed by atoms with Gasteiger partial charge in [0, 0.05) is 16.7 Å². The van der Waals surface area contributed by atoms with Gasteiger partial charge < -0.3 is 10.8 Å². The molecule has 166 valence electrons. The monoisotopic (exact) mass is 430 g/mol. The third-order valence-corrected chi connectivity index (χ3v) is 9.33. The normalized spacial score (nSPS) is 44.5. The van der Waals surface area contributed by atoms with E-state index in [2.05, 4.69) is 19.9 Å². The van der Waals surface area contributed by atoms with E-state index in [1.165, 1.54) is 12.0 Å². The van der Waals surface area contributed by atoms with E-state index in [4.69, 9.17) is 10.7 Å². The van der Waals surface area contributed by atoms with Crippen LogP contribution < -0.4 is 5.73 Å². The minimum absolute atomic E-state index is 0.00911. The summed E-state index contributed by atoms with van der Waals surface area (Å²) < 4.78 is 15.8. The van der Waals surface area contributed by atoms with Gasteiger partial charge in [0.25, 0.3) is 0 Å². The molecule has 2 fully saturated rings. The number of benzene rings is 1. The Hall–Kier alpha value is -2.46. The first kappa shape index (κ1) is 20.2. The number of nitrogens with zero attached hydrogens (tertiary/aromatic N) is 1. The van der Waals surface area contributed by atoms with E-state index < -0.39 is 11.5 Å². The average Bonchev–Trinajstić information content (AvgIpc) is 3.06. The average molecular weight is 431 g/mol. The van der Waals surface area contributed by atoms with Crippen molar-refractivity contribution in [1.82, 2.24) is 0 Å². The molecule has 5 aliphatic rings. The number of para-hydroxylation sites is 1. The van der Waals surface area contributed by atoms with E-state index >= 15 is 4.39 Å². The number of hydrogen-bond donors (Lipinski definition) is 2. The minimum atomic E-state index is -0.494. The maximum Gasteiger partial charge on any atom is 0.123 e. The molecule has 3 nitrogen and oxygen atoms in total. The molecule has 7 atom stereocenters. The van der Waals surface area contributed by atoms with Crippen LogP contribution in [-0.4, -0.2) is 16.9 Å². The summed E-state index contributed by atoms with van der Waals surface area (Å²) >= 11 is 0. The van der Waals surface area contributed by atoms with Gasteiger partial charge >= 0.3 is 0 Å². The predicted molar refractivity (Wildman–Crippen MR) is 126 cm³/mol. The summed E-state index contributed by atoms with van der Waals surface area (Å²) in [5.41, 5.74) is 10.2. The van der Waals surface area contributed by atoms with Crippen molar-refractivity contribution < 1.29 is 9.50 Å². The van der Waals surface area contributed by atoms with Gasteiger partial charge in [0.2, 0.25) is 0 Å². The molecule has 6 rings (SSSR count). The Morgan fingerprint density at radius 2 is 2.00 bits per heavy atom. The molecule has 1 aromatic carbocycles. The van der Waals surface area contributed by atoms with Gasteiger partial charge in [-0.2, -0.15) is 0 Å². The summed E-state index contributed by atoms with van der Waals surface area (Å²) in [6, 6.07) is 9.71. The molecule has 2 saturated carbocycles. The van der Waals surface area contributed by atoms with E-state index in [1.807, 2.05) is 42.5 Å². The van der Waals surface area contributed by atoms with Gasteiger partial charge in [-0.05, 0) is 92.0 Å². The zero-order valence-corrected chi connectivity index (χ0v) is 18.8. The molecule has 3 N–H and O–H groups in total. The van der Waals surface area contributed by atoms with Crippen LogP contribution >= 0.6 is 0 Å². The van der Waals surface area contributed by atoms with Crippen molar-refractivity contribution in [3.63, 3.8) is 0 Å². The smallest absolute Gasteiger partial charge is 0.123 e. The minimum Gasteiger partial charge on any atom is -0.404 e. The molecule has 0 amide bonds. The number of halogens is 1. The fourth-order valence-corrected chi connectivity index (χ4v) is 8.16. The Morgan fingerprint density at radius 3 is 2.72 bits per heavy atom. The zero-order valence-electron chi connectivity index (χ0n) is 18.8. The molecule has 4 heteroatoms. The van der Waals surface area contributed by atoms with Crippen LogP contribution in [0.4, 0.5) is 10.1 Å². The third kappa shape index (κ3) is 2.53. The lowest BCUT2D eigenvalue weighted by molar-refractivity contribution is -0.0947. The van der Waals surface area contributed by atoms with Crippen LogP contribution in [0.25, 0.3) is 0 Å². The molecular weight excluding hydrogens is 399 g/mol. The Kier molecular flexibility index (Phi) is 4.27. The molecule has 1 aromatic rings. The highest BCUT2D eigenvalue weighted by molar-refractivity contribution is 6.11. The van der Waals surface area contributed by atoms with Gasteiger partial charge in [-0.1, -0.05) is 36.8 Å². The fraction of sp³-hybridized carbons (Fsp3) is 0.464. The Labute approximate surface area is 189 Å². The van der Waals surface area contributed by atoms with Crippen molar-refractivity contribution in [2.24, 2.45) is 45.2 Å². The van der Waals surface area contributed by atoms with Crippen LogP contribution in [0.5, 0.6) is 0 Å². The summed E-state index contributed by atoms with van der Waals surface area (Å²) in [6.45, 7) is 4.34. The second-order valence-corrected chi connectivity index (χ2v) is 10.8. The largest absolute Gasteiger partial charge is 0.404 e. The highest BCUT2D eigenvalue weighted by Crippen LogP contribution is 2.71. The van der Waals surface area contributed by atoms with Crippen molar-refractivity contribution in [3.8, 4) is 0 Å². The highest BCUT2D eigenvalue weighted by atomic mass is 19.1. The van der Waals surface area contributed by atoms with Crippen molar-refractivity contribution in [3.05, 3.63) is 77.3 Å². The molecular formula is C28H31FN2O. The number of allylic oxidation sites excluding steroid dienone is 7. The summed E-state index contributed by atoms with van der Waals surface area (Å²) in [5, 5.41) is 11.5. The van der Waals surface area contributed by atoms with E-state index in [-0.39, 0.29) is 23.1 Å². The number of aliphatic imine (C=N–C) groups is 1. The van der Waals surface area contributed by atoms with Crippen LogP contribution in [0.15, 0.2) is 82.3 Å². The van der Waals surface area contributed by atoms with Gasteiger partial charge in [-0.25, -0.2) is 9.38 Å². The number of rotatable bonds is 1. The Morgan fingerprint density at radius 1 is 1.22 bits per heavy atom.